The van der Waals surface area contributed by atoms with Gasteiger partial charge in [-0.25, -0.2) is 0 Å². The van der Waals surface area contributed by atoms with Crippen molar-refractivity contribution in [2.75, 3.05) is 14.2 Å². The number of benzene rings is 1. The minimum absolute atomic E-state index is 0.0146. The van der Waals surface area contributed by atoms with Gasteiger partial charge in [-0.2, -0.15) is 13.6 Å². The van der Waals surface area contributed by atoms with Crippen molar-refractivity contribution in [3.63, 3.8) is 0 Å². The smallest absolute Gasteiger partial charge is 0.380 e. The van der Waals surface area contributed by atoms with Crippen LogP contribution in [0.2, 0.25) is 0 Å². The Labute approximate surface area is 87.8 Å². The molecule has 0 aliphatic carbocycles. The van der Waals surface area contributed by atoms with Gasteiger partial charge in [0, 0.05) is 6.07 Å². The summed E-state index contributed by atoms with van der Waals surface area (Å²) in [7, 11) is -1.19. The molecule has 0 amide bonds. The molecule has 0 aromatic heterocycles. The van der Waals surface area contributed by atoms with E-state index >= 15 is 0 Å². The molecule has 0 fully saturated rings. The van der Waals surface area contributed by atoms with Crippen LogP contribution >= 0.6 is 0 Å². The molecular weight excluding hydrogens is 222 g/mol. The minimum atomic E-state index is -4.05. The number of rotatable bonds is 4. The van der Waals surface area contributed by atoms with E-state index in [0.717, 1.165) is 0 Å². The summed E-state index contributed by atoms with van der Waals surface area (Å²) in [6.07, 6.45) is 0. The van der Waals surface area contributed by atoms with Crippen molar-refractivity contribution in [3.05, 3.63) is 18.2 Å². The number of nitrogens with two attached hydrogens (primary N) is 1. The topological polar surface area (TPSA) is 87.9 Å². The van der Waals surface area contributed by atoms with Gasteiger partial charge in [0.1, 0.15) is 5.75 Å². The van der Waals surface area contributed by atoms with Crippen LogP contribution in [0.25, 0.3) is 0 Å². The van der Waals surface area contributed by atoms with Crippen LogP contribution in [-0.4, -0.2) is 22.6 Å². The van der Waals surface area contributed by atoms with Crippen molar-refractivity contribution in [1.82, 2.24) is 0 Å². The molecule has 1 aromatic carbocycles. The van der Waals surface area contributed by atoms with Gasteiger partial charge >= 0.3 is 10.3 Å². The number of hydrogen-bond donors (Lipinski definition) is 1. The summed E-state index contributed by atoms with van der Waals surface area (Å²) in [4.78, 5) is 0. The number of ether oxygens (including phenoxy) is 2. The Bertz CT molecular complexity index is 442. The van der Waals surface area contributed by atoms with E-state index < -0.39 is 10.3 Å². The Balaban J connectivity index is 3.08. The van der Waals surface area contributed by atoms with Crippen molar-refractivity contribution in [1.29, 1.82) is 0 Å². The number of hydrogen-bond acceptors (Lipinski definition) is 5. The molecule has 0 aliphatic rings. The SMILES string of the molecule is COc1ccc(OS(N)(=O)=O)c(OC)c1. The molecule has 0 saturated carbocycles. The first-order chi connectivity index (χ1) is 6.96. The quantitative estimate of drug-likeness (QED) is 0.807. The van der Waals surface area contributed by atoms with Gasteiger partial charge in [-0.05, 0) is 12.1 Å². The summed E-state index contributed by atoms with van der Waals surface area (Å²) in [6.45, 7) is 0. The predicted molar refractivity (Wildman–Crippen MR) is 53.3 cm³/mol. The van der Waals surface area contributed by atoms with Crippen LogP contribution in [0.3, 0.4) is 0 Å². The average Bonchev–Trinajstić information content (AvgIpc) is 2.16. The van der Waals surface area contributed by atoms with E-state index in [1.807, 2.05) is 0 Å². The van der Waals surface area contributed by atoms with E-state index in [1.165, 1.54) is 32.4 Å². The molecule has 0 atom stereocenters. The zero-order valence-corrected chi connectivity index (χ0v) is 9.08. The Morgan fingerprint density at radius 2 is 1.80 bits per heavy atom. The molecule has 0 bridgehead atoms. The molecule has 7 heteroatoms. The summed E-state index contributed by atoms with van der Waals surface area (Å²) in [5, 5.41) is 4.72. The molecule has 0 heterocycles. The maximum atomic E-state index is 10.7. The van der Waals surface area contributed by atoms with E-state index in [-0.39, 0.29) is 11.5 Å². The third-order valence-electron chi connectivity index (χ3n) is 1.58. The minimum Gasteiger partial charge on any atom is -0.497 e. The van der Waals surface area contributed by atoms with E-state index in [2.05, 4.69) is 4.18 Å². The second-order valence-corrected chi connectivity index (χ2v) is 3.75. The van der Waals surface area contributed by atoms with Crippen molar-refractivity contribution in [2.24, 2.45) is 5.14 Å². The maximum absolute atomic E-state index is 10.7. The van der Waals surface area contributed by atoms with Gasteiger partial charge in [0.2, 0.25) is 0 Å². The second-order valence-electron chi connectivity index (χ2n) is 2.59. The van der Waals surface area contributed by atoms with Crippen molar-refractivity contribution in [2.45, 2.75) is 0 Å². The standard InChI is InChI=1S/C8H11NO5S/c1-12-6-3-4-7(8(5-6)13-2)14-15(9,10)11/h3-5H,1-2H3,(H2,9,10,11). The van der Waals surface area contributed by atoms with Crippen molar-refractivity contribution < 1.29 is 22.1 Å². The Morgan fingerprint density at radius 3 is 2.27 bits per heavy atom. The number of methoxy groups -OCH3 is 2. The lowest BCUT2D eigenvalue weighted by molar-refractivity contribution is 0.378. The molecule has 0 radical (unpaired) electrons. The van der Waals surface area contributed by atoms with E-state index in [1.54, 1.807) is 0 Å². The molecular formula is C8H11NO5S. The van der Waals surface area contributed by atoms with Gasteiger partial charge < -0.3 is 13.7 Å². The highest BCUT2D eigenvalue weighted by molar-refractivity contribution is 7.84. The molecule has 1 aromatic rings. The molecule has 0 saturated heterocycles. The third-order valence-corrected chi connectivity index (χ3v) is 1.99. The molecule has 15 heavy (non-hydrogen) atoms. The van der Waals surface area contributed by atoms with E-state index in [0.29, 0.717) is 5.75 Å². The fourth-order valence-corrected chi connectivity index (χ4v) is 1.36. The van der Waals surface area contributed by atoms with Gasteiger partial charge in [0.15, 0.2) is 11.5 Å². The fraction of sp³-hybridized carbons (Fsp3) is 0.250. The first kappa shape index (κ1) is 11.6. The largest absolute Gasteiger partial charge is 0.497 e. The Kier molecular flexibility index (Phi) is 3.38. The highest BCUT2D eigenvalue weighted by Crippen LogP contribution is 2.31. The summed E-state index contributed by atoms with van der Waals surface area (Å²) >= 11 is 0. The summed E-state index contributed by atoms with van der Waals surface area (Å²) in [5.74, 6) is 0.762. The summed E-state index contributed by atoms with van der Waals surface area (Å²) in [6, 6.07) is 4.41. The molecule has 0 spiro atoms. The highest BCUT2D eigenvalue weighted by atomic mass is 32.2. The molecule has 84 valence electrons. The lowest BCUT2D eigenvalue weighted by Crippen LogP contribution is -2.19. The van der Waals surface area contributed by atoms with Crippen molar-refractivity contribution in [3.8, 4) is 17.2 Å². The molecule has 1 rings (SSSR count). The molecule has 0 aliphatic heterocycles. The van der Waals surface area contributed by atoms with Gasteiger partial charge in [-0.15, -0.1) is 0 Å². The first-order valence-corrected chi connectivity index (χ1v) is 5.37. The normalized spacial score (nSPS) is 10.9. The fourth-order valence-electron chi connectivity index (χ4n) is 0.969. The lowest BCUT2D eigenvalue weighted by Gasteiger charge is -2.09. The van der Waals surface area contributed by atoms with Gasteiger partial charge in [-0.3, -0.25) is 0 Å². The zero-order valence-electron chi connectivity index (χ0n) is 8.26. The lowest BCUT2D eigenvalue weighted by atomic mass is 10.3. The van der Waals surface area contributed by atoms with Crippen molar-refractivity contribution >= 4 is 10.3 Å². The predicted octanol–water partition coefficient (Wildman–Crippen LogP) is 0.286. The summed E-state index contributed by atoms with van der Waals surface area (Å²) < 4.78 is 35.7. The maximum Gasteiger partial charge on any atom is 0.380 e. The highest BCUT2D eigenvalue weighted by Gasteiger charge is 2.11. The average molecular weight is 233 g/mol. The van der Waals surface area contributed by atoms with E-state index in [9.17, 15) is 8.42 Å². The van der Waals surface area contributed by atoms with Gasteiger partial charge in [-0.1, -0.05) is 0 Å². The Morgan fingerprint density at radius 1 is 1.13 bits per heavy atom. The van der Waals surface area contributed by atoms with Crippen LogP contribution in [0, 0.1) is 0 Å². The van der Waals surface area contributed by atoms with Crippen LogP contribution in [0.5, 0.6) is 17.2 Å². The first-order valence-electron chi connectivity index (χ1n) is 3.90. The second kappa shape index (κ2) is 4.37. The molecule has 0 unspecified atom stereocenters. The van der Waals surface area contributed by atoms with Crippen LogP contribution in [0.15, 0.2) is 18.2 Å². The zero-order chi connectivity index (χ0) is 11.5. The molecule has 6 nitrogen and oxygen atoms in total. The third kappa shape index (κ3) is 3.30. The van der Waals surface area contributed by atoms with E-state index in [4.69, 9.17) is 14.6 Å². The van der Waals surface area contributed by atoms with Crippen LogP contribution in [0.1, 0.15) is 0 Å². The van der Waals surface area contributed by atoms with Gasteiger partial charge in [0.25, 0.3) is 0 Å². The van der Waals surface area contributed by atoms with Crippen LogP contribution in [0.4, 0.5) is 0 Å². The monoisotopic (exact) mass is 233 g/mol. The van der Waals surface area contributed by atoms with Crippen LogP contribution in [-0.2, 0) is 10.3 Å². The Hall–Kier alpha value is -1.47. The summed E-state index contributed by atoms with van der Waals surface area (Å²) in [5.41, 5.74) is 0. The van der Waals surface area contributed by atoms with Crippen LogP contribution < -0.4 is 18.8 Å². The molecule has 2 N–H and O–H groups in total. The van der Waals surface area contributed by atoms with Gasteiger partial charge in [0.05, 0.1) is 14.2 Å².